The summed E-state index contributed by atoms with van der Waals surface area (Å²) in [5.74, 6) is -0.759. The Labute approximate surface area is 145 Å². The number of nitrogens with zero attached hydrogens (tertiary/aromatic N) is 1. The van der Waals surface area contributed by atoms with Gasteiger partial charge in [-0.3, -0.25) is 14.9 Å². The van der Waals surface area contributed by atoms with Crippen LogP contribution in [-0.2, 0) is 9.22 Å². The summed E-state index contributed by atoms with van der Waals surface area (Å²) in [4.78, 5) is 22.9. The van der Waals surface area contributed by atoms with E-state index in [9.17, 15) is 14.9 Å². The van der Waals surface area contributed by atoms with Crippen LogP contribution in [0.2, 0.25) is 18.1 Å². The Morgan fingerprint density at radius 2 is 1.83 bits per heavy atom. The van der Waals surface area contributed by atoms with Gasteiger partial charge in [-0.2, -0.15) is 0 Å². The highest BCUT2D eigenvalue weighted by molar-refractivity contribution is 6.74. The van der Waals surface area contributed by atoms with E-state index in [1.807, 2.05) is 6.07 Å². The number of nitro groups is 1. The van der Waals surface area contributed by atoms with Crippen LogP contribution < -0.4 is 0 Å². The van der Waals surface area contributed by atoms with Gasteiger partial charge in [-0.25, -0.2) is 0 Å². The number of ketones is 1. The molecule has 1 aromatic rings. The van der Waals surface area contributed by atoms with Crippen LogP contribution in [0.3, 0.4) is 0 Å². The first-order valence-electron chi connectivity index (χ1n) is 8.38. The van der Waals surface area contributed by atoms with Crippen LogP contribution in [0.15, 0.2) is 30.3 Å². The molecule has 0 saturated carbocycles. The van der Waals surface area contributed by atoms with Gasteiger partial charge in [-0.15, -0.1) is 0 Å². The molecule has 0 radical (unpaired) electrons. The standard InChI is InChI=1S/C18H29NO4Si/c1-18(2,3)24(4,5)23-13-9-12-17(20)16(14-19(21)22)15-10-7-6-8-11-15/h6-8,10-11,16H,9,12-14H2,1-5H3. The molecule has 1 rings (SSSR count). The number of carbonyl (C=O) groups is 1. The molecule has 5 nitrogen and oxygen atoms in total. The summed E-state index contributed by atoms with van der Waals surface area (Å²) in [7, 11) is -1.81. The van der Waals surface area contributed by atoms with Crippen LogP contribution in [0, 0.1) is 10.1 Å². The van der Waals surface area contributed by atoms with Crippen molar-refractivity contribution in [3.8, 4) is 0 Å². The third kappa shape index (κ3) is 6.17. The Hall–Kier alpha value is -1.53. The molecule has 6 heteroatoms. The van der Waals surface area contributed by atoms with Crippen molar-refractivity contribution in [2.45, 2.75) is 57.7 Å². The molecule has 0 fully saturated rings. The molecule has 134 valence electrons. The minimum Gasteiger partial charge on any atom is -0.417 e. The van der Waals surface area contributed by atoms with Gasteiger partial charge >= 0.3 is 0 Å². The highest BCUT2D eigenvalue weighted by atomic mass is 28.4. The molecule has 0 aliphatic rings. The van der Waals surface area contributed by atoms with Gasteiger partial charge in [0.05, 0.1) is 0 Å². The molecule has 0 aliphatic heterocycles. The summed E-state index contributed by atoms with van der Waals surface area (Å²) < 4.78 is 6.06. The van der Waals surface area contributed by atoms with Crippen molar-refractivity contribution in [2.75, 3.05) is 13.2 Å². The van der Waals surface area contributed by atoms with Gasteiger partial charge in [0.25, 0.3) is 0 Å². The molecular weight excluding hydrogens is 322 g/mol. The van der Waals surface area contributed by atoms with Gasteiger partial charge in [0.1, 0.15) is 11.7 Å². The van der Waals surface area contributed by atoms with E-state index in [4.69, 9.17) is 4.43 Å². The molecule has 1 atom stereocenters. The van der Waals surface area contributed by atoms with Crippen molar-refractivity contribution < 1.29 is 14.1 Å². The molecule has 0 heterocycles. The second kappa shape index (κ2) is 8.53. The van der Waals surface area contributed by atoms with Crippen LogP contribution in [0.4, 0.5) is 0 Å². The Balaban J connectivity index is 2.59. The largest absolute Gasteiger partial charge is 0.417 e. The lowest BCUT2D eigenvalue weighted by atomic mass is 9.92. The summed E-state index contributed by atoms with van der Waals surface area (Å²) in [5.41, 5.74) is 0.713. The van der Waals surface area contributed by atoms with Crippen molar-refractivity contribution in [3.05, 3.63) is 46.0 Å². The molecule has 0 saturated heterocycles. The predicted octanol–water partition coefficient (Wildman–Crippen LogP) is 4.42. The second-order valence-electron chi connectivity index (χ2n) is 7.66. The lowest BCUT2D eigenvalue weighted by molar-refractivity contribution is -0.481. The summed E-state index contributed by atoms with van der Waals surface area (Å²) in [6.45, 7) is 11.0. The quantitative estimate of drug-likeness (QED) is 0.286. The van der Waals surface area contributed by atoms with Gasteiger partial charge < -0.3 is 4.43 Å². The van der Waals surface area contributed by atoms with Crippen molar-refractivity contribution in [2.24, 2.45) is 0 Å². The van der Waals surface area contributed by atoms with E-state index in [-0.39, 0.29) is 17.4 Å². The van der Waals surface area contributed by atoms with Crippen LogP contribution >= 0.6 is 0 Å². The van der Waals surface area contributed by atoms with E-state index in [1.54, 1.807) is 24.3 Å². The minimum absolute atomic E-state index is 0.0864. The highest BCUT2D eigenvalue weighted by Gasteiger charge is 2.37. The van der Waals surface area contributed by atoms with Crippen LogP contribution in [0.1, 0.15) is 45.1 Å². The SMILES string of the molecule is CC(C)(C)[Si](C)(C)OCCCC(=O)C(C[N+](=O)[O-])c1ccccc1. The Morgan fingerprint density at radius 3 is 2.33 bits per heavy atom. The van der Waals surface area contributed by atoms with Gasteiger partial charge in [-0.05, 0) is 30.1 Å². The molecule has 0 aromatic heterocycles. The summed E-state index contributed by atoms with van der Waals surface area (Å²) in [6, 6.07) is 8.99. The topological polar surface area (TPSA) is 69.4 Å². The van der Waals surface area contributed by atoms with E-state index in [0.29, 0.717) is 25.0 Å². The Morgan fingerprint density at radius 1 is 1.25 bits per heavy atom. The lowest BCUT2D eigenvalue weighted by Crippen LogP contribution is -2.41. The van der Waals surface area contributed by atoms with Crippen LogP contribution in [0.25, 0.3) is 0 Å². The maximum atomic E-state index is 12.5. The van der Waals surface area contributed by atoms with Crippen molar-refractivity contribution >= 4 is 14.1 Å². The van der Waals surface area contributed by atoms with Gasteiger partial charge in [-0.1, -0.05) is 51.1 Å². The lowest BCUT2D eigenvalue weighted by Gasteiger charge is -2.36. The molecule has 1 unspecified atom stereocenters. The van der Waals surface area contributed by atoms with Gasteiger partial charge in [0.2, 0.25) is 6.54 Å². The van der Waals surface area contributed by atoms with Crippen LogP contribution in [0.5, 0.6) is 0 Å². The third-order valence-corrected chi connectivity index (χ3v) is 9.30. The van der Waals surface area contributed by atoms with Crippen molar-refractivity contribution in [1.82, 2.24) is 0 Å². The molecular formula is C18H29NO4Si. The van der Waals surface area contributed by atoms with Crippen LogP contribution in [-0.4, -0.2) is 32.2 Å². The van der Waals surface area contributed by atoms with Crippen molar-refractivity contribution in [3.63, 3.8) is 0 Å². The summed E-state index contributed by atoms with van der Waals surface area (Å²) >= 11 is 0. The summed E-state index contributed by atoms with van der Waals surface area (Å²) in [6.07, 6.45) is 0.911. The summed E-state index contributed by atoms with van der Waals surface area (Å²) in [5, 5.41) is 11.0. The van der Waals surface area contributed by atoms with E-state index in [1.165, 1.54) is 0 Å². The zero-order valence-electron chi connectivity index (χ0n) is 15.4. The molecule has 0 N–H and O–H groups in total. The second-order valence-corrected chi connectivity index (χ2v) is 12.5. The number of Topliss-reactive ketones (excluding diaryl/α,β-unsaturated/α-hetero) is 1. The number of hydrogen-bond donors (Lipinski definition) is 0. The average Bonchev–Trinajstić information content (AvgIpc) is 2.48. The smallest absolute Gasteiger partial charge is 0.217 e. The van der Waals surface area contributed by atoms with Gasteiger partial charge in [0.15, 0.2) is 8.32 Å². The highest BCUT2D eigenvalue weighted by Crippen LogP contribution is 2.36. The molecule has 1 aromatic carbocycles. The maximum Gasteiger partial charge on any atom is 0.217 e. The third-order valence-electron chi connectivity index (χ3n) is 4.76. The molecule has 0 bridgehead atoms. The van der Waals surface area contributed by atoms with E-state index >= 15 is 0 Å². The Kier molecular flexibility index (Phi) is 7.29. The van der Waals surface area contributed by atoms with E-state index < -0.39 is 19.2 Å². The fourth-order valence-electron chi connectivity index (χ4n) is 2.19. The monoisotopic (exact) mass is 351 g/mol. The fourth-order valence-corrected chi connectivity index (χ4v) is 3.28. The maximum absolute atomic E-state index is 12.5. The fraction of sp³-hybridized carbons (Fsp3) is 0.611. The van der Waals surface area contributed by atoms with E-state index in [2.05, 4.69) is 33.9 Å². The first-order chi connectivity index (χ1) is 11.0. The number of benzene rings is 1. The first-order valence-corrected chi connectivity index (χ1v) is 11.3. The molecule has 24 heavy (non-hydrogen) atoms. The Bertz CT molecular complexity index is 552. The zero-order valence-corrected chi connectivity index (χ0v) is 16.4. The number of rotatable bonds is 9. The first kappa shape index (κ1) is 20.5. The zero-order chi connectivity index (χ0) is 18.4. The predicted molar refractivity (Wildman–Crippen MR) is 98.4 cm³/mol. The van der Waals surface area contributed by atoms with E-state index in [0.717, 1.165) is 0 Å². The van der Waals surface area contributed by atoms with Crippen molar-refractivity contribution in [1.29, 1.82) is 0 Å². The van der Waals surface area contributed by atoms with Gasteiger partial charge in [0, 0.05) is 18.0 Å². The number of carbonyl (C=O) groups excluding carboxylic acids is 1. The molecule has 0 amide bonds. The number of hydrogen-bond acceptors (Lipinski definition) is 4. The normalized spacial score (nSPS) is 13.5. The average molecular weight is 352 g/mol. The molecule has 0 spiro atoms. The molecule has 0 aliphatic carbocycles. The minimum atomic E-state index is -1.81.